The third-order valence-corrected chi connectivity index (χ3v) is 4.19. The Morgan fingerprint density at radius 1 is 0.581 bits per heavy atom. The van der Waals surface area contributed by atoms with E-state index >= 15 is 0 Å². The summed E-state index contributed by atoms with van der Waals surface area (Å²) in [6.45, 7) is 0.918. The van der Waals surface area contributed by atoms with Gasteiger partial charge in [0.15, 0.2) is 23.8 Å². The SMILES string of the molecule is N=C(NCCCNC(=N)NC(=N)Nc1ccc(Cl)cc1)NC(=N)Nc1ccc(Cl)cc1. The Labute approximate surface area is 190 Å². The van der Waals surface area contributed by atoms with Gasteiger partial charge >= 0.3 is 0 Å². The molecule has 0 aliphatic carbocycles. The maximum atomic E-state index is 7.82. The molecule has 31 heavy (non-hydrogen) atoms. The first kappa shape index (κ1) is 23.8. The van der Waals surface area contributed by atoms with Crippen molar-refractivity contribution in [2.24, 2.45) is 0 Å². The molecule has 0 saturated carbocycles. The van der Waals surface area contributed by atoms with E-state index in [1.54, 1.807) is 48.5 Å². The summed E-state index contributed by atoms with van der Waals surface area (Å²) in [5.74, 6) is -0.131. The highest BCUT2D eigenvalue weighted by atomic mass is 35.5. The predicted octanol–water partition coefficient (Wildman–Crippen LogP) is 3.00. The summed E-state index contributed by atoms with van der Waals surface area (Å²) in [5.41, 5.74) is 1.36. The Balaban J connectivity index is 1.55. The first-order valence-corrected chi connectivity index (χ1v) is 9.98. The molecule has 10 N–H and O–H groups in total. The van der Waals surface area contributed by atoms with Crippen molar-refractivity contribution in [3.8, 4) is 0 Å². The molecular weight excluding hydrogens is 439 g/mol. The van der Waals surface area contributed by atoms with Crippen LogP contribution in [-0.4, -0.2) is 36.9 Å². The number of hydrogen-bond acceptors (Lipinski definition) is 4. The molecule has 0 atom stereocenters. The second kappa shape index (κ2) is 12.3. The summed E-state index contributed by atoms with van der Waals surface area (Å²) >= 11 is 11.6. The maximum absolute atomic E-state index is 7.82. The quantitative estimate of drug-likeness (QED) is 0.180. The first-order valence-electron chi connectivity index (χ1n) is 9.23. The highest BCUT2D eigenvalue weighted by molar-refractivity contribution is 6.31. The van der Waals surface area contributed by atoms with Gasteiger partial charge in [0, 0.05) is 34.5 Å². The number of guanidine groups is 4. The second-order valence-corrected chi connectivity index (χ2v) is 7.09. The van der Waals surface area contributed by atoms with E-state index in [0.29, 0.717) is 40.9 Å². The molecule has 2 rings (SSSR count). The molecule has 12 heteroatoms. The minimum atomic E-state index is -0.0457. The Bertz CT molecular complexity index is 837. The van der Waals surface area contributed by atoms with E-state index in [4.69, 9.17) is 44.8 Å². The van der Waals surface area contributed by atoms with Gasteiger partial charge in [0.25, 0.3) is 0 Å². The highest BCUT2D eigenvalue weighted by Gasteiger charge is 2.03. The van der Waals surface area contributed by atoms with E-state index in [0.717, 1.165) is 0 Å². The number of nitrogens with one attached hydrogen (secondary N) is 10. The molecule has 2 aromatic rings. The Morgan fingerprint density at radius 3 is 1.29 bits per heavy atom. The zero-order valence-electron chi connectivity index (χ0n) is 16.5. The zero-order chi connectivity index (χ0) is 22.6. The fourth-order valence-electron chi connectivity index (χ4n) is 2.27. The van der Waals surface area contributed by atoms with Crippen LogP contribution in [0.4, 0.5) is 11.4 Å². The van der Waals surface area contributed by atoms with Crippen LogP contribution in [0.25, 0.3) is 0 Å². The maximum Gasteiger partial charge on any atom is 0.199 e. The molecule has 0 aliphatic heterocycles. The monoisotopic (exact) mass is 462 g/mol. The summed E-state index contributed by atoms with van der Waals surface area (Å²) in [4.78, 5) is 0. The van der Waals surface area contributed by atoms with Crippen molar-refractivity contribution in [2.45, 2.75) is 6.42 Å². The lowest BCUT2D eigenvalue weighted by molar-refractivity contribution is 0.726. The van der Waals surface area contributed by atoms with Crippen LogP contribution in [0.15, 0.2) is 48.5 Å². The van der Waals surface area contributed by atoms with E-state index in [-0.39, 0.29) is 23.8 Å². The summed E-state index contributed by atoms with van der Waals surface area (Å²) in [6.07, 6.45) is 0.615. The van der Waals surface area contributed by atoms with E-state index in [9.17, 15) is 0 Å². The molecule has 0 unspecified atom stereocenters. The largest absolute Gasteiger partial charge is 0.356 e. The third-order valence-electron chi connectivity index (χ3n) is 3.68. The molecule has 0 fully saturated rings. The van der Waals surface area contributed by atoms with Gasteiger partial charge in [-0.1, -0.05) is 23.2 Å². The summed E-state index contributed by atoms with van der Waals surface area (Å²) < 4.78 is 0. The van der Waals surface area contributed by atoms with Crippen molar-refractivity contribution in [1.29, 1.82) is 21.6 Å². The Hall–Kier alpha value is -3.50. The third kappa shape index (κ3) is 9.70. The molecule has 0 radical (unpaired) electrons. The number of anilines is 2. The predicted molar refractivity (Wildman–Crippen MR) is 128 cm³/mol. The summed E-state index contributed by atoms with van der Waals surface area (Å²) in [7, 11) is 0. The summed E-state index contributed by atoms with van der Waals surface area (Å²) in [6, 6.07) is 13.7. The molecule has 0 amide bonds. The van der Waals surface area contributed by atoms with Gasteiger partial charge in [-0.2, -0.15) is 0 Å². The van der Waals surface area contributed by atoms with Crippen LogP contribution in [0.2, 0.25) is 10.0 Å². The minimum absolute atomic E-state index is 0.0198. The standard InChI is InChI=1S/C19H24Cl2N10/c20-12-2-6-14(7-3-12)28-18(24)30-16(22)26-10-1-11-27-17(23)31-19(25)29-15-8-4-13(21)5-9-15/h2-9H,1,10-11H2,(H5,22,24,26,28,30)(H5,23,25,27,29,31). The average Bonchev–Trinajstić information content (AvgIpc) is 2.71. The van der Waals surface area contributed by atoms with Gasteiger partial charge in [0.1, 0.15) is 0 Å². The van der Waals surface area contributed by atoms with Crippen molar-refractivity contribution in [3.05, 3.63) is 58.6 Å². The van der Waals surface area contributed by atoms with Crippen LogP contribution in [0.5, 0.6) is 0 Å². The smallest absolute Gasteiger partial charge is 0.199 e. The molecule has 10 nitrogen and oxygen atoms in total. The lowest BCUT2D eigenvalue weighted by atomic mass is 10.3. The highest BCUT2D eigenvalue weighted by Crippen LogP contribution is 2.13. The minimum Gasteiger partial charge on any atom is -0.356 e. The van der Waals surface area contributed by atoms with Crippen molar-refractivity contribution < 1.29 is 0 Å². The Morgan fingerprint density at radius 2 is 0.935 bits per heavy atom. The number of halogens is 2. The number of hydrogen-bond donors (Lipinski definition) is 10. The molecule has 2 aromatic carbocycles. The van der Waals surface area contributed by atoms with Crippen molar-refractivity contribution in [1.82, 2.24) is 21.3 Å². The van der Waals surface area contributed by atoms with Crippen LogP contribution in [0, 0.1) is 21.6 Å². The van der Waals surface area contributed by atoms with Crippen molar-refractivity contribution in [3.63, 3.8) is 0 Å². The molecule has 0 aromatic heterocycles. The van der Waals surface area contributed by atoms with Crippen LogP contribution in [0.1, 0.15) is 6.42 Å². The summed E-state index contributed by atoms with van der Waals surface area (Å²) in [5, 5.41) is 48.9. The fourth-order valence-corrected chi connectivity index (χ4v) is 2.52. The van der Waals surface area contributed by atoms with Crippen LogP contribution in [-0.2, 0) is 0 Å². The van der Waals surface area contributed by atoms with Gasteiger partial charge in [-0.3, -0.25) is 32.3 Å². The van der Waals surface area contributed by atoms with Gasteiger partial charge in [-0.15, -0.1) is 0 Å². The first-order chi connectivity index (χ1) is 14.8. The second-order valence-electron chi connectivity index (χ2n) is 6.22. The van der Waals surface area contributed by atoms with Gasteiger partial charge in [0.05, 0.1) is 0 Å². The molecule has 0 saturated heterocycles. The van der Waals surface area contributed by atoms with E-state index in [1.807, 2.05) is 0 Å². The molecule has 164 valence electrons. The normalized spacial score (nSPS) is 9.87. The molecule has 0 bridgehead atoms. The molecule has 0 spiro atoms. The molecule has 0 aliphatic rings. The molecule has 0 heterocycles. The van der Waals surface area contributed by atoms with Gasteiger partial charge < -0.3 is 21.3 Å². The van der Waals surface area contributed by atoms with Crippen LogP contribution >= 0.6 is 23.2 Å². The lowest BCUT2D eigenvalue weighted by Gasteiger charge is -2.14. The van der Waals surface area contributed by atoms with E-state index in [1.165, 1.54) is 0 Å². The van der Waals surface area contributed by atoms with Gasteiger partial charge in [0.2, 0.25) is 0 Å². The topological polar surface area (TPSA) is 168 Å². The average molecular weight is 463 g/mol. The van der Waals surface area contributed by atoms with Crippen molar-refractivity contribution >= 4 is 58.4 Å². The van der Waals surface area contributed by atoms with Crippen LogP contribution in [0.3, 0.4) is 0 Å². The van der Waals surface area contributed by atoms with Crippen LogP contribution < -0.4 is 31.9 Å². The molecular formula is C19H24Cl2N10. The van der Waals surface area contributed by atoms with Gasteiger partial charge in [-0.05, 0) is 55.0 Å². The zero-order valence-corrected chi connectivity index (χ0v) is 18.0. The number of rotatable bonds is 6. The Kier molecular flexibility index (Phi) is 9.40. The lowest BCUT2D eigenvalue weighted by Crippen LogP contribution is -2.45. The van der Waals surface area contributed by atoms with E-state index < -0.39 is 0 Å². The number of benzene rings is 2. The fraction of sp³-hybridized carbons (Fsp3) is 0.158. The van der Waals surface area contributed by atoms with Crippen molar-refractivity contribution in [2.75, 3.05) is 23.7 Å². The van der Waals surface area contributed by atoms with Gasteiger partial charge in [-0.25, -0.2) is 0 Å². The van der Waals surface area contributed by atoms with E-state index in [2.05, 4.69) is 31.9 Å².